The first-order valence-corrected chi connectivity index (χ1v) is 10.7. The summed E-state index contributed by atoms with van der Waals surface area (Å²) in [5.74, 6) is 0. The highest BCUT2D eigenvalue weighted by Gasteiger charge is 2.21. The van der Waals surface area contributed by atoms with E-state index in [0.29, 0.717) is 22.0 Å². The molecule has 1 aromatic heterocycles. The lowest BCUT2D eigenvalue weighted by Crippen LogP contribution is -2.26. The van der Waals surface area contributed by atoms with Crippen LogP contribution in [-0.4, -0.2) is 20.4 Å². The monoisotopic (exact) mass is 410 g/mol. The lowest BCUT2D eigenvalue weighted by Gasteiger charge is -2.19. The maximum atomic E-state index is 12.9. The highest BCUT2D eigenvalue weighted by Crippen LogP contribution is 2.24. The third-order valence-corrected chi connectivity index (χ3v) is 6.74. The molecule has 0 aliphatic carbocycles. The molecule has 0 saturated carbocycles. The molecule has 0 saturated heterocycles. The summed E-state index contributed by atoms with van der Waals surface area (Å²) in [7, 11) is -2.19. The summed E-state index contributed by atoms with van der Waals surface area (Å²) in [4.78, 5) is 4.45. The number of rotatable bonds is 6. The largest absolute Gasteiger partial charge is 0.360 e. The normalized spacial score (nSPS) is 11.7. The molecule has 0 amide bonds. The van der Waals surface area contributed by atoms with Crippen molar-refractivity contribution in [2.45, 2.75) is 11.8 Å². The number of hydrogen-bond acceptors (Lipinski definition) is 6. The summed E-state index contributed by atoms with van der Waals surface area (Å²) in [6.07, 6.45) is 1.53. The number of sulfonamides is 1. The topological polar surface area (TPSA) is 86.1 Å². The molecular weight excluding hydrogens is 392 g/mol. The molecule has 0 atom stereocenters. The van der Waals surface area contributed by atoms with Gasteiger partial charge >= 0.3 is 0 Å². The third-order valence-electron chi connectivity index (χ3n) is 3.97. The molecule has 1 heterocycles. The molecule has 0 unspecified atom stereocenters. The van der Waals surface area contributed by atoms with Crippen molar-refractivity contribution in [3.05, 3.63) is 76.9 Å². The smallest absolute Gasteiger partial charge is 0.264 e. The third kappa shape index (κ3) is 4.22. The summed E-state index contributed by atoms with van der Waals surface area (Å²) in [6.45, 7) is 1.86. The molecule has 6 nitrogen and oxygen atoms in total. The van der Waals surface area contributed by atoms with Crippen molar-refractivity contribution in [1.82, 2.24) is 4.98 Å². The summed E-state index contributed by atoms with van der Waals surface area (Å²) in [5, 5.41) is 14.8. The molecule has 142 valence electrons. The number of aromatic nitrogens is 1. The van der Waals surface area contributed by atoms with E-state index in [1.807, 2.05) is 18.4 Å². The first kappa shape index (κ1) is 19.6. The Balaban J connectivity index is 1.86. The van der Waals surface area contributed by atoms with Crippen LogP contribution < -0.4 is 9.62 Å². The van der Waals surface area contributed by atoms with E-state index >= 15 is 0 Å². The van der Waals surface area contributed by atoms with Gasteiger partial charge in [-0.1, -0.05) is 24.3 Å². The molecule has 3 aromatic rings. The molecule has 0 aliphatic rings. The Bertz CT molecular complexity index is 1150. The van der Waals surface area contributed by atoms with Crippen LogP contribution in [0.25, 0.3) is 5.57 Å². The SMILES string of the molecule is Cc1csc(/C(C#N)=C/Nc2cccc(S(=O)(=O)N(C)c3ccccc3)c2)n1. The average molecular weight is 411 g/mol. The van der Waals surface area contributed by atoms with Crippen LogP contribution in [0, 0.1) is 18.3 Å². The zero-order chi connectivity index (χ0) is 20.1. The molecule has 0 aliphatic heterocycles. The number of allylic oxidation sites excluding steroid dienone is 1. The van der Waals surface area contributed by atoms with Gasteiger partial charge in [0.2, 0.25) is 0 Å². The van der Waals surface area contributed by atoms with E-state index in [2.05, 4.69) is 16.4 Å². The number of anilines is 2. The van der Waals surface area contributed by atoms with Gasteiger partial charge in [-0.3, -0.25) is 4.31 Å². The Kier molecular flexibility index (Phi) is 5.78. The van der Waals surface area contributed by atoms with Crippen LogP contribution in [0.15, 0.2) is 71.1 Å². The molecule has 3 rings (SSSR count). The van der Waals surface area contributed by atoms with Crippen molar-refractivity contribution in [3.8, 4) is 6.07 Å². The Morgan fingerprint density at radius 3 is 2.61 bits per heavy atom. The lowest BCUT2D eigenvalue weighted by molar-refractivity contribution is 0.594. The van der Waals surface area contributed by atoms with Gasteiger partial charge in [0, 0.05) is 30.0 Å². The fourth-order valence-electron chi connectivity index (χ4n) is 2.46. The van der Waals surface area contributed by atoms with E-state index in [4.69, 9.17) is 0 Å². The minimum Gasteiger partial charge on any atom is -0.360 e. The van der Waals surface area contributed by atoms with E-state index in [1.165, 1.54) is 35.0 Å². The number of benzene rings is 2. The van der Waals surface area contributed by atoms with Crippen molar-refractivity contribution in [1.29, 1.82) is 5.26 Å². The molecule has 1 N–H and O–H groups in total. The van der Waals surface area contributed by atoms with E-state index in [1.54, 1.807) is 42.5 Å². The Labute approximate surface area is 168 Å². The van der Waals surface area contributed by atoms with Crippen LogP contribution in [0.1, 0.15) is 10.7 Å². The second-order valence-corrected chi connectivity index (χ2v) is 8.77. The zero-order valence-electron chi connectivity index (χ0n) is 15.3. The quantitative estimate of drug-likeness (QED) is 0.614. The van der Waals surface area contributed by atoms with Gasteiger partial charge in [-0.25, -0.2) is 13.4 Å². The van der Waals surface area contributed by atoms with Crippen LogP contribution in [-0.2, 0) is 10.0 Å². The second kappa shape index (κ2) is 8.25. The summed E-state index contributed by atoms with van der Waals surface area (Å²) >= 11 is 1.38. The van der Waals surface area contributed by atoms with E-state index in [0.717, 1.165) is 5.69 Å². The van der Waals surface area contributed by atoms with Gasteiger partial charge in [-0.15, -0.1) is 11.3 Å². The Hall–Kier alpha value is -3.15. The maximum Gasteiger partial charge on any atom is 0.264 e. The molecule has 0 spiro atoms. The lowest BCUT2D eigenvalue weighted by atomic mass is 10.3. The number of aryl methyl sites for hydroxylation is 1. The van der Waals surface area contributed by atoms with E-state index in [-0.39, 0.29) is 4.90 Å². The van der Waals surface area contributed by atoms with Gasteiger partial charge in [-0.05, 0) is 37.3 Å². The molecule has 2 aromatic carbocycles. The first-order valence-electron chi connectivity index (χ1n) is 8.35. The number of nitrogens with one attached hydrogen (secondary N) is 1. The average Bonchev–Trinajstić information content (AvgIpc) is 3.15. The summed E-state index contributed by atoms with van der Waals surface area (Å²) in [6, 6.07) is 17.4. The number of nitrogens with zero attached hydrogens (tertiary/aromatic N) is 3. The predicted octanol–water partition coefficient (Wildman–Crippen LogP) is 4.25. The maximum absolute atomic E-state index is 12.9. The molecule has 28 heavy (non-hydrogen) atoms. The minimum absolute atomic E-state index is 0.154. The van der Waals surface area contributed by atoms with Crippen molar-refractivity contribution < 1.29 is 8.42 Å². The van der Waals surface area contributed by atoms with Crippen LogP contribution in [0.4, 0.5) is 11.4 Å². The number of para-hydroxylation sites is 1. The van der Waals surface area contributed by atoms with E-state index < -0.39 is 10.0 Å². The van der Waals surface area contributed by atoms with Gasteiger partial charge in [0.25, 0.3) is 10.0 Å². The predicted molar refractivity (Wildman–Crippen MR) is 113 cm³/mol. The van der Waals surface area contributed by atoms with Crippen molar-refractivity contribution in [3.63, 3.8) is 0 Å². The zero-order valence-corrected chi connectivity index (χ0v) is 17.0. The van der Waals surface area contributed by atoms with Gasteiger partial charge in [-0.2, -0.15) is 5.26 Å². The number of thiazole rings is 1. The van der Waals surface area contributed by atoms with Crippen molar-refractivity contribution >= 4 is 38.3 Å². The van der Waals surface area contributed by atoms with Crippen molar-refractivity contribution in [2.24, 2.45) is 0 Å². The summed E-state index contributed by atoms with van der Waals surface area (Å²) < 4.78 is 27.1. The van der Waals surface area contributed by atoms with Gasteiger partial charge in [0.05, 0.1) is 10.6 Å². The highest BCUT2D eigenvalue weighted by molar-refractivity contribution is 7.92. The van der Waals surface area contributed by atoms with Crippen LogP contribution in [0.2, 0.25) is 0 Å². The standard InChI is InChI=1S/C20H18N4O2S2/c1-15-14-27-20(23-15)16(12-21)13-22-17-7-6-10-19(11-17)28(25,26)24(2)18-8-4-3-5-9-18/h3-11,13-14,22H,1-2H3/b16-13+. The van der Waals surface area contributed by atoms with Gasteiger partial charge in [0.1, 0.15) is 16.6 Å². The minimum atomic E-state index is -3.71. The van der Waals surface area contributed by atoms with Crippen LogP contribution >= 0.6 is 11.3 Å². The molecule has 8 heteroatoms. The Morgan fingerprint density at radius 1 is 1.21 bits per heavy atom. The first-order chi connectivity index (χ1) is 13.4. The second-order valence-electron chi connectivity index (χ2n) is 5.94. The van der Waals surface area contributed by atoms with Gasteiger partial charge in [0.15, 0.2) is 0 Å². The van der Waals surface area contributed by atoms with Gasteiger partial charge < -0.3 is 5.32 Å². The Morgan fingerprint density at radius 2 is 1.96 bits per heavy atom. The molecule has 0 radical (unpaired) electrons. The molecular formula is C20H18N4O2S2. The summed E-state index contributed by atoms with van der Waals surface area (Å²) in [5.41, 5.74) is 2.36. The van der Waals surface area contributed by atoms with Crippen molar-refractivity contribution in [2.75, 3.05) is 16.7 Å². The van der Waals surface area contributed by atoms with Crippen LogP contribution in [0.3, 0.4) is 0 Å². The fourth-order valence-corrected chi connectivity index (χ4v) is 4.46. The number of hydrogen-bond donors (Lipinski definition) is 1. The highest BCUT2D eigenvalue weighted by atomic mass is 32.2. The molecule has 0 bridgehead atoms. The number of nitriles is 1. The fraction of sp³-hybridized carbons (Fsp3) is 0.100. The van der Waals surface area contributed by atoms with E-state index in [9.17, 15) is 13.7 Å². The van der Waals surface area contributed by atoms with Crippen LogP contribution in [0.5, 0.6) is 0 Å². The molecule has 0 fully saturated rings.